The number of rotatable bonds is 6. The maximum Gasteiger partial charge on any atom is 0.341 e. The first-order valence-electron chi connectivity index (χ1n) is 8.00. The van der Waals surface area contributed by atoms with E-state index in [0.29, 0.717) is 6.42 Å². The molecule has 0 saturated heterocycles. The van der Waals surface area contributed by atoms with Gasteiger partial charge >= 0.3 is 5.97 Å². The number of hydrogen-bond donors (Lipinski definition) is 1. The van der Waals surface area contributed by atoms with Crippen molar-refractivity contribution in [3.05, 3.63) is 68.2 Å². The van der Waals surface area contributed by atoms with E-state index in [-0.39, 0.29) is 26.7 Å². The van der Waals surface area contributed by atoms with Crippen molar-refractivity contribution >= 4 is 46.7 Å². The number of aryl methyl sites for hydroxylation is 1. The average Bonchev–Trinajstić information content (AvgIpc) is 2.62. The van der Waals surface area contributed by atoms with Crippen LogP contribution in [0.15, 0.2) is 36.4 Å². The highest BCUT2D eigenvalue weighted by Gasteiger charge is 2.20. The number of carbonyl (C=O) groups excluding carboxylic acids is 2. The van der Waals surface area contributed by atoms with E-state index >= 15 is 0 Å². The Hall–Kier alpha value is -1.75. The predicted octanol–water partition coefficient (Wildman–Crippen LogP) is 5.38. The van der Waals surface area contributed by atoms with E-state index < -0.39 is 18.5 Å². The second-order valence-electron chi connectivity index (χ2n) is 5.73. The molecule has 0 spiro atoms. The van der Waals surface area contributed by atoms with E-state index in [2.05, 4.69) is 5.32 Å². The van der Waals surface area contributed by atoms with E-state index in [1.54, 1.807) is 0 Å². The van der Waals surface area contributed by atoms with Crippen LogP contribution in [0.1, 0.15) is 40.9 Å². The van der Waals surface area contributed by atoms with Crippen molar-refractivity contribution in [2.45, 2.75) is 26.3 Å². The van der Waals surface area contributed by atoms with E-state index in [0.717, 1.165) is 11.1 Å². The number of esters is 1. The van der Waals surface area contributed by atoms with Gasteiger partial charge in [0.25, 0.3) is 5.91 Å². The zero-order chi connectivity index (χ0) is 19.3. The van der Waals surface area contributed by atoms with Crippen LogP contribution in [0, 0.1) is 6.92 Å². The second kappa shape index (κ2) is 9.26. The molecule has 0 unspecified atom stereocenters. The van der Waals surface area contributed by atoms with Gasteiger partial charge in [-0.2, -0.15) is 0 Å². The maximum absolute atomic E-state index is 12.2. The van der Waals surface area contributed by atoms with Crippen LogP contribution in [0.5, 0.6) is 0 Å². The minimum absolute atomic E-state index is 0.00401. The molecule has 138 valence electrons. The number of amides is 1. The summed E-state index contributed by atoms with van der Waals surface area (Å²) in [4.78, 5) is 24.3. The molecule has 2 aromatic rings. The molecular weight excluding hydrogens is 397 g/mol. The summed E-state index contributed by atoms with van der Waals surface area (Å²) in [5, 5.41) is 3.12. The zero-order valence-corrected chi connectivity index (χ0v) is 16.6. The SMILES string of the molecule is CC[C@H](NC(=O)COC(=O)c1c(Cl)ccc(Cl)c1Cl)c1ccc(C)cc1. The second-order valence-corrected chi connectivity index (χ2v) is 6.93. The highest BCUT2D eigenvalue weighted by atomic mass is 35.5. The van der Waals surface area contributed by atoms with Crippen LogP contribution >= 0.6 is 34.8 Å². The molecule has 0 aliphatic carbocycles. The van der Waals surface area contributed by atoms with Gasteiger partial charge in [-0.1, -0.05) is 71.6 Å². The number of ether oxygens (including phenoxy) is 1. The predicted molar refractivity (Wildman–Crippen MR) is 104 cm³/mol. The minimum atomic E-state index is -0.805. The molecule has 7 heteroatoms. The molecule has 0 aromatic heterocycles. The normalized spacial score (nSPS) is 11.7. The third-order valence-corrected chi connectivity index (χ3v) is 4.92. The largest absolute Gasteiger partial charge is 0.452 e. The van der Waals surface area contributed by atoms with Gasteiger partial charge in [0.2, 0.25) is 0 Å². The quantitative estimate of drug-likeness (QED) is 0.510. The summed E-state index contributed by atoms with van der Waals surface area (Å²) in [6, 6.07) is 10.6. The van der Waals surface area contributed by atoms with Gasteiger partial charge < -0.3 is 10.1 Å². The molecule has 0 aliphatic rings. The van der Waals surface area contributed by atoms with Crippen molar-refractivity contribution in [2.24, 2.45) is 0 Å². The molecule has 4 nitrogen and oxygen atoms in total. The van der Waals surface area contributed by atoms with Crippen LogP contribution in [0.3, 0.4) is 0 Å². The van der Waals surface area contributed by atoms with Crippen molar-refractivity contribution in [1.29, 1.82) is 0 Å². The molecule has 0 bridgehead atoms. The smallest absolute Gasteiger partial charge is 0.341 e. The molecule has 0 radical (unpaired) electrons. The Balaban J connectivity index is 1.99. The monoisotopic (exact) mass is 413 g/mol. The summed E-state index contributed by atoms with van der Waals surface area (Å²) >= 11 is 17.8. The first-order valence-corrected chi connectivity index (χ1v) is 9.13. The number of halogens is 3. The first-order chi connectivity index (χ1) is 12.3. The number of benzene rings is 2. The van der Waals surface area contributed by atoms with Crippen molar-refractivity contribution in [1.82, 2.24) is 5.32 Å². The van der Waals surface area contributed by atoms with Crippen molar-refractivity contribution < 1.29 is 14.3 Å². The molecule has 1 amide bonds. The molecule has 0 aliphatic heterocycles. The Morgan fingerprint density at radius 3 is 2.27 bits per heavy atom. The topological polar surface area (TPSA) is 55.4 Å². The van der Waals surface area contributed by atoms with Gasteiger partial charge in [-0.3, -0.25) is 4.79 Å². The lowest BCUT2D eigenvalue weighted by molar-refractivity contribution is -0.125. The summed E-state index contributed by atoms with van der Waals surface area (Å²) in [5.74, 6) is -1.22. The number of hydrogen-bond acceptors (Lipinski definition) is 3. The summed E-state index contributed by atoms with van der Waals surface area (Å²) < 4.78 is 5.03. The highest BCUT2D eigenvalue weighted by Crippen LogP contribution is 2.31. The molecule has 0 heterocycles. The van der Waals surface area contributed by atoms with Gasteiger partial charge in [-0.15, -0.1) is 0 Å². The summed E-state index contributed by atoms with van der Waals surface area (Å²) in [7, 11) is 0. The van der Waals surface area contributed by atoms with Crippen LogP contribution in [0.4, 0.5) is 0 Å². The summed E-state index contributed by atoms with van der Waals surface area (Å²) in [6.07, 6.45) is 0.703. The molecule has 2 rings (SSSR count). The first kappa shape index (κ1) is 20.6. The van der Waals surface area contributed by atoms with Gasteiger partial charge in [0.15, 0.2) is 6.61 Å². The fourth-order valence-corrected chi connectivity index (χ4v) is 3.06. The third kappa shape index (κ3) is 5.13. The number of carbonyl (C=O) groups is 2. The van der Waals surface area contributed by atoms with Crippen molar-refractivity contribution in [2.75, 3.05) is 6.61 Å². The van der Waals surface area contributed by atoms with Gasteiger partial charge in [0.1, 0.15) is 0 Å². The fraction of sp³-hybridized carbons (Fsp3) is 0.263. The molecule has 1 N–H and O–H groups in total. The standard InChI is InChI=1S/C19H18Cl3NO3/c1-3-15(12-6-4-11(2)5-7-12)23-16(24)10-26-19(25)17-13(20)8-9-14(21)18(17)22/h4-9,15H,3,10H2,1-2H3,(H,23,24)/t15-/m0/s1. The van der Waals surface area contributed by atoms with E-state index in [1.165, 1.54) is 12.1 Å². The van der Waals surface area contributed by atoms with E-state index in [9.17, 15) is 9.59 Å². The Morgan fingerprint density at radius 1 is 1.04 bits per heavy atom. The fourth-order valence-electron chi connectivity index (χ4n) is 2.37. The lowest BCUT2D eigenvalue weighted by Crippen LogP contribution is -2.32. The van der Waals surface area contributed by atoms with Gasteiger partial charge in [0.05, 0.1) is 26.7 Å². The Morgan fingerprint density at radius 2 is 1.65 bits per heavy atom. The lowest BCUT2D eigenvalue weighted by Gasteiger charge is -2.18. The minimum Gasteiger partial charge on any atom is -0.452 e. The van der Waals surface area contributed by atoms with Crippen LogP contribution in [-0.4, -0.2) is 18.5 Å². The zero-order valence-electron chi connectivity index (χ0n) is 14.3. The molecule has 2 aromatic carbocycles. The molecule has 26 heavy (non-hydrogen) atoms. The van der Waals surface area contributed by atoms with E-state index in [1.807, 2.05) is 38.1 Å². The summed E-state index contributed by atoms with van der Waals surface area (Å²) in [6.45, 7) is 3.51. The van der Waals surface area contributed by atoms with Crippen molar-refractivity contribution in [3.8, 4) is 0 Å². The average molecular weight is 415 g/mol. The molecule has 1 atom stereocenters. The van der Waals surface area contributed by atoms with Crippen LogP contribution in [0.25, 0.3) is 0 Å². The van der Waals surface area contributed by atoms with E-state index in [4.69, 9.17) is 39.5 Å². The Bertz CT molecular complexity index is 806. The van der Waals surface area contributed by atoms with Crippen LogP contribution in [0.2, 0.25) is 15.1 Å². The highest BCUT2D eigenvalue weighted by molar-refractivity contribution is 6.46. The maximum atomic E-state index is 12.2. The molecular formula is C19H18Cl3NO3. The number of nitrogens with one attached hydrogen (secondary N) is 1. The lowest BCUT2D eigenvalue weighted by atomic mass is 10.0. The van der Waals surface area contributed by atoms with Gasteiger partial charge in [0, 0.05) is 0 Å². The summed E-state index contributed by atoms with van der Waals surface area (Å²) in [5.41, 5.74) is 2.07. The third-order valence-electron chi connectivity index (χ3n) is 3.81. The Kier molecular flexibility index (Phi) is 7.33. The van der Waals surface area contributed by atoms with Crippen LogP contribution in [-0.2, 0) is 9.53 Å². The Labute approximate surface area is 167 Å². The molecule has 0 saturated carbocycles. The van der Waals surface area contributed by atoms with Crippen LogP contribution < -0.4 is 5.32 Å². The molecule has 0 fully saturated rings. The van der Waals surface area contributed by atoms with Crippen molar-refractivity contribution in [3.63, 3.8) is 0 Å². The van der Waals surface area contributed by atoms with Gasteiger partial charge in [-0.25, -0.2) is 4.79 Å². The van der Waals surface area contributed by atoms with Gasteiger partial charge in [-0.05, 0) is 31.0 Å².